The van der Waals surface area contributed by atoms with E-state index in [9.17, 15) is 14.0 Å². The van der Waals surface area contributed by atoms with Crippen LogP contribution < -0.4 is 16.2 Å². The van der Waals surface area contributed by atoms with Crippen molar-refractivity contribution >= 4 is 17.6 Å². The minimum atomic E-state index is -0.886. The molecule has 1 aromatic heterocycles. The van der Waals surface area contributed by atoms with E-state index in [0.717, 1.165) is 13.2 Å². The second-order valence-electron chi connectivity index (χ2n) is 5.92. The van der Waals surface area contributed by atoms with Gasteiger partial charge in [0.05, 0.1) is 42.5 Å². The van der Waals surface area contributed by atoms with Crippen molar-refractivity contribution in [1.82, 2.24) is 20.4 Å². The summed E-state index contributed by atoms with van der Waals surface area (Å²) >= 11 is 0. The second kappa shape index (κ2) is 7.94. The average molecular weight is 372 g/mol. The number of nitrogens with zero attached hydrogens (tertiary/aromatic N) is 3. The molecule has 0 aliphatic carbocycles. The van der Waals surface area contributed by atoms with Crippen molar-refractivity contribution in [1.29, 1.82) is 5.26 Å². The lowest BCUT2D eigenvalue weighted by Crippen LogP contribution is -2.54. The number of esters is 1. The summed E-state index contributed by atoms with van der Waals surface area (Å²) in [6, 6.07) is 3.25. The number of nitrogens with one attached hydrogen (secondary N) is 3. The van der Waals surface area contributed by atoms with Gasteiger partial charge in [-0.1, -0.05) is 0 Å². The van der Waals surface area contributed by atoms with Crippen LogP contribution in [-0.4, -0.2) is 34.6 Å². The van der Waals surface area contributed by atoms with E-state index >= 15 is 0 Å². The molecule has 1 saturated heterocycles. The van der Waals surface area contributed by atoms with E-state index in [1.54, 1.807) is 24.8 Å². The Balaban J connectivity index is 1.73. The smallest absolute Gasteiger partial charge is 0.340 e. The van der Waals surface area contributed by atoms with Crippen molar-refractivity contribution in [2.24, 2.45) is 0 Å². The largest absolute Gasteiger partial charge is 0.465 e. The van der Waals surface area contributed by atoms with Crippen molar-refractivity contribution < 1.29 is 18.7 Å². The van der Waals surface area contributed by atoms with Crippen molar-refractivity contribution in [3.8, 4) is 6.07 Å². The first kappa shape index (κ1) is 18.5. The van der Waals surface area contributed by atoms with Crippen molar-refractivity contribution in [3.05, 3.63) is 47.8 Å². The van der Waals surface area contributed by atoms with Gasteiger partial charge in [0, 0.05) is 12.4 Å². The molecular weight excluding hydrogens is 355 g/mol. The van der Waals surface area contributed by atoms with Crippen LogP contribution in [0.2, 0.25) is 0 Å². The highest BCUT2D eigenvalue weighted by Crippen LogP contribution is 2.24. The first-order valence-corrected chi connectivity index (χ1v) is 8.14. The number of benzene rings is 1. The minimum Gasteiger partial charge on any atom is -0.465 e. The van der Waals surface area contributed by atoms with Crippen LogP contribution in [0.1, 0.15) is 34.9 Å². The Morgan fingerprint density at radius 3 is 2.81 bits per heavy atom. The molecule has 0 spiro atoms. The Kier molecular flexibility index (Phi) is 5.44. The summed E-state index contributed by atoms with van der Waals surface area (Å²) in [5.41, 5.74) is 5.30. The van der Waals surface area contributed by atoms with Crippen LogP contribution in [0.3, 0.4) is 0 Å². The highest BCUT2D eigenvalue weighted by Gasteiger charge is 2.28. The van der Waals surface area contributed by atoms with Crippen LogP contribution in [0.4, 0.5) is 10.1 Å². The molecule has 1 fully saturated rings. The molecule has 3 N–H and O–H groups in total. The van der Waals surface area contributed by atoms with E-state index < -0.39 is 23.7 Å². The number of anilines is 1. The lowest BCUT2D eigenvalue weighted by atomic mass is 10.1. The number of amides is 1. The quantitative estimate of drug-likeness (QED) is 0.687. The topological polar surface area (TPSA) is 121 Å². The molecule has 1 aliphatic heterocycles. The molecule has 0 saturated carbocycles. The van der Waals surface area contributed by atoms with Gasteiger partial charge >= 0.3 is 5.97 Å². The lowest BCUT2D eigenvalue weighted by Gasteiger charge is -2.31. The SMILES string of the molecule is COC(=O)c1cc(C#N)cc(F)c1NC(=O)C1CCC(n2ccnc2)NN1. The zero-order valence-electron chi connectivity index (χ0n) is 14.4. The van der Waals surface area contributed by atoms with E-state index in [4.69, 9.17) is 5.26 Å². The number of halogens is 1. The van der Waals surface area contributed by atoms with Gasteiger partial charge in [0.25, 0.3) is 0 Å². The van der Waals surface area contributed by atoms with Gasteiger partial charge in [0.1, 0.15) is 11.9 Å². The Bertz CT molecular complexity index is 885. The van der Waals surface area contributed by atoms with Gasteiger partial charge in [0.2, 0.25) is 5.91 Å². The fourth-order valence-electron chi connectivity index (χ4n) is 2.82. The Labute approximate surface area is 154 Å². The van der Waals surface area contributed by atoms with Crippen LogP contribution in [-0.2, 0) is 9.53 Å². The van der Waals surface area contributed by atoms with Gasteiger partial charge < -0.3 is 14.6 Å². The number of imidazole rings is 1. The molecule has 1 aromatic carbocycles. The molecule has 1 amide bonds. The number of methoxy groups -OCH3 is 1. The molecular formula is C17H17FN6O3. The van der Waals surface area contributed by atoms with Crippen LogP contribution >= 0.6 is 0 Å². The number of hydrogen-bond donors (Lipinski definition) is 3. The maximum Gasteiger partial charge on any atom is 0.340 e. The number of carbonyl (C=O) groups is 2. The lowest BCUT2D eigenvalue weighted by molar-refractivity contribution is -0.119. The first-order valence-electron chi connectivity index (χ1n) is 8.14. The van der Waals surface area contributed by atoms with Gasteiger partial charge in [-0.25, -0.2) is 25.0 Å². The zero-order chi connectivity index (χ0) is 19.4. The van der Waals surface area contributed by atoms with Gasteiger partial charge in [-0.2, -0.15) is 5.26 Å². The highest BCUT2D eigenvalue weighted by molar-refractivity contribution is 6.03. The van der Waals surface area contributed by atoms with Crippen LogP contribution in [0.15, 0.2) is 30.9 Å². The summed E-state index contributed by atoms with van der Waals surface area (Å²) in [5.74, 6) is -2.25. The van der Waals surface area contributed by atoms with E-state index in [1.165, 1.54) is 6.07 Å². The van der Waals surface area contributed by atoms with Gasteiger partial charge in [-0.05, 0) is 25.0 Å². The molecule has 2 heterocycles. The molecule has 27 heavy (non-hydrogen) atoms. The molecule has 3 rings (SSSR count). The zero-order valence-corrected chi connectivity index (χ0v) is 14.4. The van der Waals surface area contributed by atoms with Crippen LogP contribution in [0, 0.1) is 17.1 Å². The van der Waals surface area contributed by atoms with E-state index in [0.29, 0.717) is 12.8 Å². The number of carbonyl (C=O) groups excluding carboxylic acids is 2. The standard InChI is InChI=1S/C17H17FN6O3/c1-27-17(26)11-6-10(8-19)7-12(18)15(11)21-16(25)13-2-3-14(23-22-13)24-5-4-20-9-24/h4-7,9,13-14,22-23H,2-3H2,1H3,(H,21,25). The van der Waals surface area contributed by atoms with E-state index in [1.807, 2.05) is 4.57 Å². The Hall–Kier alpha value is -3.29. The molecule has 10 heteroatoms. The predicted molar refractivity (Wildman–Crippen MR) is 91.6 cm³/mol. The van der Waals surface area contributed by atoms with Gasteiger partial charge in [-0.15, -0.1) is 0 Å². The maximum atomic E-state index is 14.3. The average Bonchev–Trinajstić information content (AvgIpc) is 3.23. The van der Waals surface area contributed by atoms with E-state index in [-0.39, 0.29) is 23.0 Å². The van der Waals surface area contributed by atoms with Crippen LogP contribution in [0.25, 0.3) is 0 Å². The number of aromatic nitrogens is 2. The Morgan fingerprint density at radius 2 is 2.22 bits per heavy atom. The number of ether oxygens (including phenoxy) is 1. The third kappa shape index (κ3) is 3.94. The summed E-state index contributed by atoms with van der Waals surface area (Å²) in [5, 5.41) is 11.4. The summed E-state index contributed by atoms with van der Waals surface area (Å²) in [6.07, 6.45) is 6.17. The third-order valence-corrected chi connectivity index (χ3v) is 4.23. The van der Waals surface area contributed by atoms with Crippen molar-refractivity contribution in [2.45, 2.75) is 25.0 Å². The molecule has 1 aliphatic rings. The molecule has 140 valence electrons. The fourth-order valence-corrected chi connectivity index (χ4v) is 2.82. The molecule has 2 atom stereocenters. The molecule has 2 aromatic rings. The minimum absolute atomic E-state index is 0.0495. The number of hydrogen-bond acceptors (Lipinski definition) is 7. The summed E-state index contributed by atoms with van der Waals surface area (Å²) < 4.78 is 20.8. The van der Waals surface area contributed by atoms with Gasteiger partial charge in [0.15, 0.2) is 0 Å². The number of nitriles is 1. The molecule has 0 radical (unpaired) electrons. The first-order chi connectivity index (χ1) is 13.0. The normalized spacial score (nSPS) is 19.1. The van der Waals surface area contributed by atoms with Crippen molar-refractivity contribution in [3.63, 3.8) is 0 Å². The highest BCUT2D eigenvalue weighted by atomic mass is 19.1. The van der Waals surface area contributed by atoms with Crippen molar-refractivity contribution in [2.75, 3.05) is 12.4 Å². The van der Waals surface area contributed by atoms with Gasteiger partial charge in [-0.3, -0.25) is 4.79 Å². The molecule has 2 unspecified atom stereocenters. The predicted octanol–water partition coefficient (Wildman–Crippen LogP) is 1.07. The molecule has 9 nitrogen and oxygen atoms in total. The van der Waals surface area contributed by atoms with Crippen LogP contribution in [0.5, 0.6) is 0 Å². The van der Waals surface area contributed by atoms with E-state index in [2.05, 4.69) is 25.9 Å². The number of rotatable bonds is 4. The maximum absolute atomic E-state index is 14.3. The summed E-state index contributed by atoms with van der Waals surface area (Å²) in [4.78, 5) is 28.4. The Morgan fingerprint density at radius 1 is 1.41 bits per heavy atom. The summed E-state index contributed by atoms with van der Waals surface area (Å²) in [7, 11) is 1.13. The second-order valence-corrected chi connectivity index (χ2v) is 5.92. The monoisotopic (exact) mass is 372 g/mol. The fraction of sp³-hybridized carbons (Fsp3) is 0.294. The third-order valence-electron chi connectivity index (χ3n) is 4.23. The molecule has 0 bridgehead atoms. The summed E-state index contributed by atoms with van der Waals surface area (Å²) in [6.45, 7) is 0. The number of hydrazine groups is 1.